The Hall–Kier alpha value is -1.55. The Bertz CT molecular complexity index is 583. The van der Waals surface area contributed by atoms with E-state index in [0.717, 1.165) is 0 Å². The van der Waals surface area contributed by atoms with Crippen LogP contribution >= 0.6 is 11.6 Å². The molecule has 0 fully saturated rings. The Labute approximate surface area is 136 Å². The Kier molecular flexibility index (Phi) is 5.12. The van der Waals surface area contributed by atoms with Crippen LogP contribution in [0.3, 0.4) is 0 Å². The Morgan fingerprint density at radius 1 is 1.32 bits per heavy atom. The van der Waals surface area contributed by atoms with Crippen LogP contribution in [-0.2, 0) is 4.79 Å². The fourth-order valence-corrected chi connectivity index (χ4v) is 2.58. The van der Waals surface area contributed by atoms with Crippen LogP contribution in [0.25, 0.3) is 0 Å². The smallest absolute Gasteiger partial charge is 0.229 e. The first-order valence-corrected chi connectivity index (χ1v) is 8.09. The van der Waals surface area contributed by atoms with Crippen LogP contribution in [0.5, 0.6) is 5.75 Å². The highest BCUT2D eigenvalue weighted by molar-refractivity contribution is 6.30. The number of alkyl halides is 1. The quantitative estimate of drug-likeness (QED) is 0.629. The molecule has 120 valence electrons. The summed E-state index contributed by atoms with van der Waals surface area (Å²) in [5.74, 6) is 0.612. The van der Waals surface area contributed by atoms with Crippen molar-refractivity contribution < 1.29 is 14.3 Å². The lowest BCUT2D eigenvalue weighted by Gasteiger charge is -2.37. The Balaban J connectivity index is 2.46. The molecule has 0 N–H and O–H groups in total. The average molecular weight is 324 g/mol. The summed E-state index contributed by atoms with van der Waals surface area (Å²) in [6.07, 6.45) is -0.0511. The van der Waals surface area contributed by atoms with Gasteiger partial charge in [-0.15, -0.1) is 11.6 Å². The molecule has 1 amide bonds. The lowest BCUT2D eigenvalue weighted by Crippen LogP contribution is -2.47. The van der Waals surface area contributed by atoms with E-state index < -0.39 is 0 Å². The molecular formula is C17H22ClNO3. The van der Waals surface area contributed by atoms with Gasteiger partial charge in [0.05, 0.1) is 18.1 Å². The predicted octanol–water partition coefficient (Wildman–Crippen LogP) is 3.51. The van der Waals surface area contributed by atoms with Crippen molar-refractivity contribution in [3.63, 3.8) is 0 Å². The van der Waals surface area contributed by atoms with Gasteiger partial charge in [-0.2, -0.15) is 0 Å². The number of fused-ring (bicyclic) bond motifs is 1. The highest BCUT2D eigenvalue weighted by atomic mass is 35.5. The lowest BCUT2D eigenvalue weighted by atomic mass is 10.0. The molecule has 5 heteroatoms. The highest BCUT2D eigenvalue weighted by Crippen LogP contribution is 2.36. The second kappa shape index (κ2) is 6.69. The third-order valence-corrected chi connectivity index (χ3v) is 4.08. The second-order valence-electron chi connectivity index (χ2n) is 6.24. The molecule has 0 spiro atoms. The van der Waals surface area contributed by atoms with E-state index in [0.29, 0.717) is 29.5 Å². The number of nitrogens with zero attached hydrogens (tertiary/aromatic N) is 1. The second-order valence-corrected chi connectivity index (χ2v) is 6.51. The molecule has 1 aromatic rings. The van der Waals surface area contributed by atoms with Gasteiger partial charge in [-0.05, 0) is 24.1 Å². The summed E-state index contributed by atoms with van der Waals surface area (Å²) in [5.41, 5.74) is 1.16. The van der Waals surface area contributed by atoms with Gasteiger partial charge >= 0.3 is 0 Å². The number of amides is 1. The van der Waals surface area contributed by atoms with Crippen LogP contribution in [0.2, 0.25) is 0 Å². The normalized spacial score (nSPS) is 17.4. The van der Waals surface area contributed by atoms with Gasteiger partial charge in [0.15, 0.2) is 5.78 Å². The Morgan fingerprint density at radius 3 is 2.55 bits per heavy atom. The van der Waals surface area contributed by atoms with Crippen molar-refractivity contribution in [1.82, 2.24) is 0 Å². The number of carbonyl (C=O) groups excluding carboxylic acids is 2. The van der Waals surface area contributed by atoms with Crippen LogP contribution in [0, 0.1) is 11.8 Å². The maximum Gasteiger partial charge on any atom is 0.229 e. The third kappa shape index (κ3) is 3.27. The molecule has 0 aliphatic carbocycles. The molecule has 0 saturated heterocycles. The van der Waals surface area contributed by atoms with Crippen LogP contribution in [-0.4, -0.2) is 30.2 Å². The van der Waals surface area contributed by atoms with E-state index in [1.54, 1.807) is 23.1 Å². The monoisotopic (exact) mass is 323 g/mol. The maximum atomic E-state index is 12.5. The van der Waals surface area contributed by atoms with Crippen molar-refractivity contribution in [2.24, 2.45) is 11.8 Å². The fourth-order valence-electron chi connectivity index (χ4n) is 2.42. The summed E-state index contributed by atoms with van der Waals surface area (Å²) < 4.78 is 5.98. The molecule has 0 aromatic heterocycles. The van der Waals surface area contributed by atoms with Crippen molar-refractivity contribution in [3.05, 3.63) is 23.8 Å². The summed E-state index contributed by atoms with van der Waals surface area (Å²) >= 11 is 5.62. The average Bonchev–Trinajstić information content (AvgIpc) is 2.51. The van der Waals surface area contributed by atoms with Crippen LogP contribution < -0.4 is 9.64 Å². The van der Waals surface area contributed by atoms with Gasteiger partial charge in [0.25, 0.3) is 0 Å². The number of halogens is 1. The summed E-state index contributed by atoms with van der Waals surface area (Å²) in [4.78, 5) is 26.1. The predicted molar refractivity (Wildman–Crippen MR) is 87.9 cm³/mol. The van der Waals surface area contributed by atoms with Gasteiger partial charge < -0.3 is 9.64 Å². The largest absolute Gasteiger partial charge is 0.486 e. The fraction of sp³-hybridized carbons (Fsp3) is 0.529. The molecule has 1 heterocycles. The third-order valence-electron chi connectivity index (χ3n) is 3.84. The maximum absolute atomic E-state index is 12.5. The molecule has 1 atom stereocenters. The van der Waals surface area contributed by atoms with E-state index in [-0.39, 0.29) is 29.6 Å². The van der Waals surface area contributed by atoms with Crippen molar-refractivity contribution in [2.75, 3.05) is 17.3 Å². The highest BCUT2D eigenvalue weighted by Gasteiger charge is 2.32. The molecule has 4 nitrogen and oxygen atoms in total. The number of anilines is 1. The minimum absolute atomic E-state index is 0.0330. The van der Waals surface area contributed by atoms with Crippen molar-refractivity contribution in [3.8, 4) is 5.75 Å². The number of ketones is 1. The zero-order valence-electron chi connectivity index (χ0n) is 13.4. The molecule has 0 bridgehead atoms. The molecule has 1 aromatic carbocycles. The molecule has 22 heavy (non-hydrogen) atoms. The first-order valence-electron chi connectivity index (χ1n) is 7.56. The number of hydrogen-bond acceptors (Lipinski definition) is 3. The Morgan fingerprint density at radius 2 is 2.00 bits per heavy atom. The zero-order valence-corrected chi connectivity index (χ0v) is 14.2. The molecule has 0 radical (unpaired) electrons. The molecule has 1 aliphatic heterocycles. The number of Topliss-reactive ketones (excluding diaryl/α,β-unsaturated/α-hetero) is 1. The number of carbonyl (C=O) groups is 2. The molecular weight excluding hydrogens is 302 g/mol. The first-order chi connectivity index (χ1) is 10.3. The number of rotatable bonds is 4. The van der Waals surface area contributed by atoms with Crippen LogP contribution in [0.15, 0.2) is 18.2 Å². The SMILES string of the molecule is CC(C)C(=O)N1CC(C(C)C)Oc2ccc(C(=O)CCl)cc21. The van der Waals surface area contributed by atoms with Crippen LogP contribution in [0.1, 0.15) is 38.1 Å². The van der Waals surface area contributed by atoms with E-state index in [4.69, 9.17) is 16.3 Å². The van der Waals surface area contributed by atoms with Crippen molar-refractivity contribution >= 4 is 29.0 Å². The minimum Gasteiger partial charge on any atom is -0.486 e. The van der Waals surface area contributed by atoms with Crippen LogP contribution in [0.4, 0.5) is 5.69 Å². The van der Waals surface area contributed by atoms with Crippen molar-refractivity contribution in [1.29, 1.82) is 0 Å². The van der Waals surface area contributed by atoms with Gasteiger partial charge in [-0.25, -0.2) is 0 Å². The topological polar surface area (TPSA) is 46.6 Å². The lowest BCUT2D eigenvalue weighted by molar-refractivity contribution is -0.122. The number of benzene rings is 1. The van der Waals surface area contributed by atoms with E-state index in [1.165, 1.54) is 0 Å². The molecule has 0 saturated carbocycles. The minimum atomic E-state index is -0.160. The summed E-state index contributed by atoms with van der Waals surface area (Å²) in [6, 6.07) is 5.16. The van der Waals surface area contributed by atoms with E-state index in [2.05, 4.69) is 13.8 Å². The zero-order chi connectivity index (χ0) is 16.4. The first kappa shape index (κ1) is 16.8. The number of hydrogen-bond donors (Lipinski definition) is 0. The van der Waals surface area contributed by atoms with Gasteiger partial charge in [-0.1, -0.05) is 27.7 Å². The van der Waals surface area contributed by atoms with Gasteiger partial charge in [0, 0.05) is 11.5 Å². The molecule has 1 aliphatic rings. The summed E-state index contributed by atoms with van der Waals surface area (Å²) in [5, 5.41) is 0. The van der Waals surface area contributed by atoms with E-state index in [1.807, 2.05) is 13.8 Å². The van der Waals surface area contributed by atoms with Crippen molar-refractivity contribution in [2.45, 2.75) is 33.8 Å². The summed E-state index contributed by atoms with van der Waals surface area (Å²) in [7, 11) is 0. The van der Waals surface area contributed by atoms with E-state index in [9.17, 15) is 9.59 Å². The number of ether oxygens (including phenoxy) is 1. The van der Waals surface area contributed by atoms with Gasteiger partial charge in [0.1, 0.15) is 11.9 Å². The standard InChI is InChI=1S/C17H22ClNO3/c1-10(2)16-9-19(17(21)11(3)4)13-7-12(14(20)8-18)5-6-15(13)22-16/h5-7,10-11,16H,8-9H2,1-4H3. The summed E-state index contributed by atoms with van der Waals surface area (Å²) in [6.45, 7) is 8.38. The van der Waals surface area contributed by atoms with Gasteiger partial charge in [-0.3, -0.25) is 9.59 Å². The van der Waals surface area contributed by atoms with Gasteiger partial charge in [0.2, 0.25) is 5.91 Å². The van der Waals surface area contributed by atoms with E-state index >= 15 is 0 Å². The molecule has 1 unspecified atom stereocenters. The molecule has 2 rings (SSSR count).